The summed E-state index contributed by atoms with van der Waals surface area (Å²) in [6.07, 6.45) is 4.00. The van der Waals surface area contributed by atoms with Gasteiger partial charge >= 0.3 is 0 Å². The molecule has 0 bridgehead atoms. The van der Waals surface area contributed by atoms with Crippen LogP contribution in [-0.2, 0) is 6.54 Å². The highest BCUT2D eigenvalue weighted by Crippen LogP contribution is 2.30. The average Bonchev–Trinajstić information content (AvgIpc) is 3.08. The zero-order chi connectivity index (χ0) is 20.7. The van der Waals surface area contributed by atoms with Crippen LogP contribution in [0.2, 0.25) is 0 Å². The highest BCUT2D eigenvalue weighted by molar-refractivity contribution is 5.98. The maximum Gasteiger partial charge on any atom is 0.274 e. The molecule has 0 atom stereocenters. The van der Waals surface area contributed by atoms with Crippen LogP contribution >= 0.6 is 0 Å². The van der Waals surface area contributed by atoms with Crippen LogP contribution in [-0.4, -0.2) is 57.5 Å². The molecule has 1 saturated carbocycles. The average molecular weight is 403 g/mol. The first-order chi connectivity index (χ1) is 14.7. The molecule has 5 rings (SSSR count). The van der Waals surface area contributed by atoms with Gasteiger partial charge in [0.1, 0.15) is 11.5 Å². The summed E-state index contributed by atoms with van der Waals surface area (Å²) in [5.74, 6) is 0.970. The molecule has 2 aliphatic rings. The number of aromatic nitrogens is 2. The zero-order valence-corrected chi connectivity index (χ0v) is 18.0. The van der Waals surface area contributed by atoms with Gasteiger partial charge in [-0.15, -0.1) is 0 Å². The number of fused-ring (bicyclic) bond motifs is 1. The van der Waals surface area contributed by atoms with E-state index in [1.165, 1.54) is 30.0 Å². The molecule has 1 aliphatic heterocycles. The Kier molecular flexibility index (Phi) is 5.07. The first-order valence-electron chi connectivity index (χ1n) is 11.3. The summed E-state index contributed by atoms with van der Waals surface area (Å²) in [4.78, 5) is 22.9. The summed E-state index contributed by atoms with van der Waals surface area (Å²) >= 11 is 0. The molecule has 30 heavy (non-hydrogen) atoms. The van der Waals surface area contributed by atoms with Gasteiger partial charge in [-0.3, -0.25) is 9.69 Å². The highest BCUT2D eigenvalue weighted by atomic mass is 16.2. The van der Waals surface area contributed by atoms with E-state index in [0.29, 0.717) is 5.69 Å². The lowest BCUT2D eigenvalue weighted by atomic mass is 9.91. The summed E-state index contributed by atoms with van der Waals surface area (Å²) in [5, 5.41) is 2.37. The summed E-state index contributed by atoms with van der Waals surface area (Å²) in [6.45, 7) is 8.52. The van der Waals surface area contributed by atoms with Crippen molar-refractivity contribution < 1.29 is 4.79 Å². The molecule has 2 aromatic carbocycles. The third-order valence-electron chi connectivity index (χ3n) is 6.96. The van der Waals surface area contributed by atoms with Gasteiger partial charge in [0.15, 0.2) is 0 Å². The summed E-state index contributed by atoms with van der Waals surface area (Å²) < 4.78 is 2.18. The Hall–Kier alpha value is -2.66. The molecule has 1 saturated heterocycles. The quantitative estimate of drug-likeness (QED) is 0.652. The monoisotopic (exact) mass is 402 g/mol. The van der Waals surface area contributed by atoms with E-state index in [1.54, 1.807) is 0 Å². The topological polar surface area (TPSA) is 41.4 Å². The summed E-state index contributed by atoms with van der Waals surface area (Å²) in [5.41, 5.74) is 2.66. The highest BCUT2D eigenvalue weighted by Gasteiger charge is 2.31. The number of rotatable bonds is 4. The van der Waals surface area contributed by atoms with Crippen LogP contribution in [0.1, 0.15) is 42.4 Å². The van der Waals surface area contributed by atoms with Gasteiger partial charge in [-0.1, -0.05) is 48.9 Å². The summed E-state index contributed by atoms with van der Waals surface area (Å²) in [6, 6.07) is 15.4. The molecule has 0 spiro atoms. The van der Waals surface area contributed by atoms with Crippen molar-refractivity contribution in [3.63, 3.8) is 0 Å². The first-order valence-corrected chi connectivity index (χ1v) is 11.3. The number of nitrogens with zero attached hydrogens (tertiary/aromatic N) is 4. The second-order valence-corrected chi connectivity index (χ2v) is 8.55. The van der Waals surface area contributed by atoms with Gasteiger partial charge in [-0.2, -0.15) is 0 Å². The molecule has 156 valence electrons. The van der Waals surface area contributed by atoms with Crippen LogP contribution in [0.3, 0.4) is 0 Å². The third-order valence-corrected chi connectivity index (χ3v) is 6.96. The van der Waals surface area contributed by atoms with Crippen molar-refractivity contribution >= 4 is 16.7 Å². The SMILES string of the molecule is CCn1c(-c2cccc3ccccc23)nc(C(=O)N2CCN(C3CCC3)CC2)c1C. The van der Waals surface area contributed by atoms with Gasteiger partial charge in [0, 0.05) is 50.0 Å². The van der Waals surface area contributed by atoms with Gasteiger partial charge in [0.2, 0.25) is 0 Å². The predicted octanol–water partition coefficient (Wildman–Crippen LogP) is 4.34. The minimum absolute atomic E-state index is 0.0782. The third kappa shape index (κ3) is 3.21. The van der Waals surface area contributed by atoms with E-state index in [1.807, 2.05) is 11.8 Å². The van der Waals surface area contributed by atoms with Crippen molar-refractivity contribution in [2.24, 2.45) is 0 Å². The number of amides is 1. The predicted molar refractivity (Wildman–Crippen MR) is 121 cm³/mol. The molecule has 2 fully saturated rings. The van der Waals surface area contributed by atoms with Crippen LogP contribution in [0.5, 0.6) is 0 Å². The van der Waals surface area contributed by atoms with Crippen LogP contribution in [0.15, 0.2) is 42.5 Å². The van der Waals surface area contributed by atoms with E-state index in [0.717, 1.165) is 55.8 Å². The van der Waals surface area contributed by atoms with Crippen LogP contribution < -0.4 is 0 Å². The maximum absolute atomic E-state index is 13.4. The van der Waals surface area contributed by atoms with Gasteiger partial charge in [0.05, 0.1) is 0 Å². The molecular formula is C25H30N4O. The normalized spacial score (nSPS) is 18.0. The van der Waals surface area contributed by atoms with Crippen molar-refractivity contribution in [3.8, 4) is 11.4 Å². The molecule has 1 amide bonds. The zero-order valence-electron chi connectivity index (χ0n) is 18.0. The van der Waals surface area contributed by atoms with Gasteiger partial charge in [-0.25, -0.2) is 4.98 Å². The van der Waals surface area contributed by atoms with E-state index < -0.39 is 0 Å². The van der Waals surface area contributed by atoms with Crippen molar-refractivity contribution in [2.75, 3.05) is 26.2 Å². The molecular weight excluding hydrogens is 372 g/mol. The standard InChI is InChI=1S/C25H30N4O/c1-3-29-18(2)23(25(30)28-16-14-27(15-17-28)20-10-7-11-20)26-24(29)22-13-6-9-19-8-4-5-12-21(19)22/h4-6,8-9,12-13,20H,3,7,10-11,14-17H2,1-2H3. The fourth-order valence-electron chi connectivity index (χ4n) is 4.94. The molecule has 0 radical (unpaired) electrons. The van der Waals surface area contributed by atoms with E-state index >= 15 is 0 Å². The smallest absolute Gasteiger partial charge is 0.274 e. The Labute approximate surface area is 178 Å². The lowest BCUT2D eigenvalue weighted by Gasteiger charge is -2.42. The molecule has 0 unspecified atom stereocenters. The number of carbonyl (C=O) groups is 1. The second-order valence-electron chi connectivity index (χ2n) is 8.55. The number of piperazine rings is 1. The molecule has 3 aromatic rings. The summed E-state index contributed by atoms with van der Waals surface area (Å²) in [7, 11) is 0. The van der Waals surface area contributed by atoms with Crippen LogP contribution in [0, 0.1) is 6.92 Å². The van der Waals surface area contributed by atoms with Crippen molar-refractivity contribution in [3.05, 3.63) is 53.9 Å². The molecule has 2 heterocycles. The van der Waals surface area contributed by atoms with Crippen LogP contribution in [0.4, 0.5) is 0 Å². The fraction of sp³-hybridized carbons (Fsp3) is 0.440. The van der Waals surface area contributed by atoms with E-state index in [9.17, 15) is 4.79 Å². The minimum Gasteiger partial charge on any atom is -0.335 e. The number of carbonyl (C=O) groups excluding carboxylic acids is 1. The minimum atomic E-state index is 0.0782. The van der Waals surface area contributed by atoms with Crippen molar-refractivity contribution in [2.45, 2.75) is 45.7 Å². The maximum atomic E-state index is 13.4. The number of hydrogen-bond acceptors (Lipinski definition) is 3. The molecule has 0 N–H and O–H groups in total. The largest absolute Gasteiger partial charge is 0.335 e. The van der Waals surface area contributed by atoms with E-state index in [2.05, 4.69) is 58.9 Å². The fourth-order valence-corrected chi connectivity index (χ4v) is 4.94. The van der Waals surface area contributed by atoms with Gasteiger partial charge in [-0.05, 0) is 37.5 Å². The molecule has 1 aliphatic carbocycles. The molecule has 5 heteroatoms. The molecule has 1 aromatic heterocycles. The van der Waals surface area contributed by atoms with Crippen molar-refractivity contribution in [1.29, 1.82) is 0 Å². The first kappa shape index (κ1) is 19.3. The Bertz CT molecular complexity index is 1070. The number of imidazole rings is 1. The van der Waals surface area contributed by atoms with Gasteiger partial charge in [0.25, 0.3) is 5.91 Å². The number of benzene rings is 2. The van der Waals surface area contributed by atoms with Crippen LogP contribution in [0.25, 0.3) is 22.2 Å². The van der Waals surface area contributed by atoms with E-state index in [4.69, 9.17) is 4.98 Å². The second kappa shape index (κ2) is 7.88. The Balaban J connectivity index is 1.45. The number of hydrogen-bond donors (Lipinski definition) is 0. The van der Waals surface area contributed by atoms with Gasteiger partial charge < -0.3 is 9.47 Å². The van der Waals surface area contributed by atoms with E-state index in [-0.39, 0.29) is 5.91 Å². The molecule has 5 nitrogen and oxygen atoms in total. The lowest BCUT2D eigenvalue weighted by molar-refractivity contribution is 0.0451. The van der Waals surface area contributed by atoms with Crippen molar-refractivity contribution in [1.82, 2.24) is 19.4 Å². The lowest BCUT2D eigenvalue weighted by Crippen LogP contribution is -2.53. The Morgan fingerprint density at radius 1 is 1.03 bits per heavy atom. The Morgan fingerprint density at radius 2 is 1.77 bits per heavy atom. The Morgan fingerprint density at radius 3 is 2.47 bits per heavy atom.